The fraction of sp³-hybridized carbons (Fsp3) is 0.0952. The number of aromatic amines is 1. The Balaban J connectivity index is 1.68. The van der Waals surface area contributed by atoms with E-state index in [-0.39, 0.29) is 18.1 Å². The Morgan fingerprint density at radius 3 is 2.31 bits per heavy atom. The number of nitrogens with one attached hydrogen (secondary N) is 3. The van der Waals surface area contributed by atoms with Gasteiger partial charge in [0.2, 0.25) is 0 Å². The molecule has 0 saturated carbocycles. The van der Waals surface area contributed by atoms with E-state index < -0.39 is 11.9 Å². The maximum Gasteiger partial charge on any atom is 0.314 e. The Hall–Kier alpha value is -4.07. The summed E-state index contributed by atoms with van der Waals surface area (Å²) in [7, 11) is 0. The smallest absolute Gasteiger partial charge is 0.314 e. The number of nitrogens with two attached hydrogens (primary N) is 2. The molecule has 146 valence electrons. The van der Waals surface area contributed by atoms with Gasteiger partial charge in [-0.15, -0.1) is 0 Å². The van der Waals surface area contributed by atoms with Crippen LogP contribution in [0.4, 0.5) is 0 Å². The van der Waals surface area contributed by atoms with Gasteiger partial charge in [-0.3, -0.25) is 15.6 Å². The topological polar surface area (TPSA) is 166 Å². The molecule has 0 radical (unpaired) electrons. The molecule has 1 unspecified atom stereocenters. The van der Waals surface area contributed by atoms with Crippen molar-refractivity contribution in [2.45, 2.75) is 12.3 Å². The van der Waals surface area contributed by atoms with Crippen molar-refractivity contribution in [1.82, 2.24) is 4.98 Å². The number of benzene rings is 2. The van der Waals surface area contributed by atoms with E-state index in [4.69, 9.17) is 26.7 Å². The number of carbonyl (C=O) groups is 1. The number of fused-ring (bicyclic) bond motifs is 2. The summed E-state index contributed by atoms with van der Waals surface area (Å²) in [4.78, 5) is 15.2. The second-order valence-corrected chi connectivity index (χ2v) is 6.92. The predicted octanol–water partition coefficient (Wildman–Crippen LogP) is 2.89. The molecule has 8 N–H and O–H groups in total. The summed E-state index contributed by atoms with van der Waals surface area (Å²) in [6, 6.07) is 13.9. The summed E-state index contributed by atoms with van der Waals surface area (Å²) in [5.41, 5.74) is 14.3. The first kappa shape index (κ1) is 18.3. The number of aliphatic carboxylic acids is 1. The third-order valence-electron chi connectivity index (χ3n) is 4.90. The van der Waals surface area contributed by atoms with Crippen molar-refractivity contribution in [1.29, 1.82) is 10.8 Å². The van der Waals surface area contributed by atoms with Gasteiger partial charge in [0.1, 0.15) is 28.9 Å². The number of H-pyrrole nitrogens is 1. The van der Waals surface area contributed by atoms with E-state index in [2.05, 4.69) is 4.98 Å². The average molecular weight is 389 g/mol. The molecule has 1 atom stereocenters. The molecular formula is C21H19N5O3. The minimum absolute atomic E-state index is 0.0229. The Morgan fingerprint density at radius 1 is 1.00 bits per heavy atom. The number of nitrogen functional groups attached to an aromatic ring is 2. The lowest BCUT2D eigenvalue weighted by atomic mass is 10.00. The highest BCUT2D eigenvalue weighted by molar-refractivity contribution is 5.99. The Bertz CT molecular complexity index is 1280. The minimum Gasteiger partial charge on any atom is -0.481 e. The lowest BCUT2D eigenvalue weighted by molar-refractivity contribution is -0.139. The number of amidine groups is 2. The minimum atomic E-state index is -1.00. The highest BCUT2D eigenvalue weighted by Crippen LogP contribution is 2.29. The molecular weight excluding hydrogens is 370 g/mol. The second-order valence-electron chi connectivity index (χ2n) is 6.92. The van der Waals surface area contributed by atoms with Crippen molar-refractivity contribution < 1.29 is 14.3 Å². The van der Waals surface area contributed by atoms with Crippen LogP contribution in [0.1, 0.15) is 28.5 Å². The Labute approximate surface area is 165 Å². The van der Waals surface area contributed by atoms with Crippen LogP contribution in [0.3, 0.4) is 0 Å². The van der Waals surface area contributed by atoms with Crippen LogP contribution in [0, 0.1) is 10.8 Å². The number of aromatic nitrogens is 1. The van der Waals surface area contributed by atoms with Crippen molar-refractivity contribution in [3.05, 3.63) is 71.1 Å². The van der Waals surface area contributed by atoms with E-state index in [1.54, 1.807) is 36.4 Å². The zero-order valence-electron chi connectivity index (χ0n) is 15.3. The van der Waals surface area contributed by atoms with Gasteiger partial charge in [-0.25, -0.2) is 0 Å². The van der Waals surface area contributed by atoms with E-state index in [0.29, 0.717) is 27.9 Å². The summed E-state index contributed by atoms with van der Waals surface area (Å²) >= 11 is 0. The molecule has 8 nitrogen and oxygen atoms in total. The predicted molar refractivity (Wildman–Crippen MR) is 111 cm³/mol. The van der Waals surface area contributed by atoms with Crippen LogP contribution in [0.5, 0.6) is 0 Å². The summed E-state index contributed by atoms with van der Waals surface area (Å²) < 4.78 is 5.77. The maximum atomic E-state index is 11.9. The zero-order chi connectivity index (χ0) is 20.7. The third kappa shape index (κ3) is 3.43. The summed E-state index contributed by atoms with van der Waals surface area (Å²) in [6.45, 7) is 0. The monoisotopic (exact) mass is 389 g/mol. The molecule has 0 amide bonds. The number of rotatable bonds is 6. The zero-order valence-corrected chi connectivity index (χ0v) is 15.3. The second kappa shape index (κ2) is 6.83. The molecule has 4 rings (SSSR count). The first-order valence-corrected chi connectivity index (χ1v) is 8.88. The van der Waals surface area contributed by atoms with Crippen molar-refractivity contribution in [2.24, 2.45) is 11.5 Å². The molecule has 0 saturated heterocycles. The largest absolute Gasteiger partial charge is 0.481 e. The van der Waals surface area contributed by atoms with Crippen molar-refractivity contribution in [3.63, 3.8) is 0 Å². The highest BCUT2D eigenvalue weighted by Gasteiger charge is 2.25. The number of furan rings is 1. The molecule has 0 aliphatic carbocycles. The van der Waals surface area contributed by atoms with Crippen LogP contribution in [0.2, 0.25) is 0 Å². The van der Waals surface area contributed by atoms with Crippen molar-refractivity contribution >= 4 is 39.5 Å². The fourth-order valence-corrected chi connectivity index (χ4v) is 3.40. The van der Waals surface area contributed by atoms with Crippen LogP contribution in [0.25, 0.3) is 21.9 Å². The van der Waals surface area contributed by atoms with Crippen LogP contribution < -0.4 is 11.5 Å². The SMILES string of the molecule is N=C(N)c1ccc2[nH]c(CC(C(=O)O)c3cc4cc(C(=N)N)ccc4o3)cc2c1. The molecule has 0 aliphatic heterocycles. The normalized spacial score (nSPS) is 12.3. The molecule has 0 bridgehead atoms. The molecule has 2 heterocycles. The van der Waals surface area contributed by atoms with Gasteiger partial charge in [-0.2, -0.15) is 0 Å². The lowest BCUT2D eigenvalue weighted by Gasteiger charge is -2.08. The van der Waals surface area contributed by atoms with Gasteiger partial charge in [0.25, 0.3) is 0 Å². The average Bonchev–Trinajstić information content (AvgIpc) is 3.27. The van der Waals surface area contributed by atoms with Crippen molar-refractivity contribution in [2.75, 3.05) is 0 Å². The maximum absolute atomic E-state index is 11.9. The van der Waals surface area contributed by atoms with E-state index in [0.717, 1.165) is 16.6 Å². The molecule has 8 heteroatoms. The number of hydrogen-bond acceptors (Lipinski definition) is 4. The van der Waals surface area contributed by atoms with Crippen LogP contribution in [-0.2, 0) is 11.2 Å². The summed E-state index contributed by atoms with van der Waals surface area (Å²) in [5.74, 6) is -1.64. The summed E-state index contributed by atoms with van der Waals surface area (Å²) in [5, 5.41) is 26.4. The highest BCUT2D eigenvalue weighted by atomic mass is 16.4. The van der Waals surface area contributed by atoms with Crippen molar-refractivity contribution in [3.8, 4) is 0 Å². The van der Waals surface area contributed by atoms with Gasteiger partial charge in [0, 0.05) is 39.5 Å². The van der Waals surface area contributed by atoms with E-state index >= 15 is 0 Å². The van der Waals surface area contributed by atoms with Crippen LogP contribution in [0.15, 0.2) is 52.9 Å². The van der Waals surface area contributed by atoms with Gasteiger partial charge in [0.15, 0.2) is 0 Å². The Kier molecular flexibility index (Phi) is 4.31. The molecule has 4 aromatic rings. The first-order chi connectivity index (χ1) is 13.8. The molecule has 29 heavy (non-hydrogen) atoms. The van der Waals surface area contributed by atoms with Gasteiger partial charge in [0.05, 0.1) is 0 Å². The van der Waals surface area contributed by atoms with Gasteiger partial charge >= 0.3 is 5.97 Å². The first-order valence-electron chi connectivity index (χ1n) is 8.88. The standard InChI is InChI=1S/C21H19N5O3/c22-19(23)10-1-3-16-12(5-10)7-14(26-16)9-15(21(27)28)18-8-13-6-11(20(24)25)2-4-17(13)29-18/h1-8,15,26H,9H2,(H3,22,23)(H3,24,25)(H,27,28). The van der Waals surface area contributed by atoms with Crippen LogP contribution >= 0.6 is 0 Å². The molecule has 2 aromatic heterocycles. The number of carboxylic acids is 1. The Morgan fingerprint density at radius 2 is 1.66 bits per heavy atom. The van der Waals surface area contributed by atoms with E-state index in [1.807, 2.05) is 12.1 Å². The molecule has 0 spiro atoms. The molecule has 2 aromatic carbocycles. The van der Waals surface area contributed by atoms with Gasteiger partial charge in [-0.05, 0) is 48.5 Å². The van der Waals surface area contributed by atoms with E-state index in [1.165, 1.54) is 0 Å². The van der Waals surface area contributed by atoms with Gasteiger partial charge < -0.3 is 26.0 Å². The lowest BCUT2D eigenvalue weighted by Crippen LogP contribution is -2.13. The van der Waals surface area contributed by atoms with Crippen LogP contribution in [-0.4, -0.2) is 27.7 Å². The molecule has 0 fully saturated rings. The van der Waals surface area contributed by atoms with Gasteiger partial charge in [-0.1, -0.05) is 0 Å². The quantitative estimate of drug-likeness (QED) is 0.220. The fourth-order valence-electron chi connectivity index (χ4n) is 3.40. The third-order valence-corrected chi connectivity index (χ3v) is 4.90. The molecule has 0 aliphatic rings. The number of hydrogen-bond donors (Lipinski definition) is 6. The summed E-state index contributed by atoms with van der Waals surface area (Å²) in [6.07, 6.45) is 0.207. The van der Waals surface area contributed by atoms with E-state index in [9.17, 15) is 9.90 Å². The number of carboxylic acid groups (broad SMARTS) is 1.